The maximum Gasteiger partial charge on any atom is 0.246 e. The third-order valence-electron chi connectivity index (χ3n) is 8.92. The van der Waals surface area contributed by atoms with E-state index in [0.717, 1.165) is 63.7 Å². The number of rotatable bonds is 4. The number of fused-ring (bicyclic) bond motifs is 4. The minimum absolute atomic E-state index is 0.00268. The zero-order chi connectivity index (χ0) is 28.2. The monoisotopic (exact) mass is 650 g/mol. The number of nitrogens with zero attached hydrogens (tertiary/aromatic N) is 3. The Kier molecular flexibility index (Phi) is 7.10. The lowest BCUT2D eigenvalue weighted by Crippen LogP contribution is -2.65. The first-order chi connectivity index (χ1) is 19.9. The molecule has 0 aliphatic carbocycles. The number of H-pyrrole nitrogens is 1. The van der Waals surface area contributed by atoms with Gasteiger partial charge in [-0.15, -0.1) is 0 Å². The largest absolute Gasteiger partial charge is 0.356 e. The number of halogens is 3. The van der Waals surface area contributed by atoms with Gasteiger partial charge in [0.1, 0.15) is 12.6 Å². The minimum Gasteiger partial charge on any atom is -0.356 e. The van der Waals surface area contributed by atoms with Gasteiger partial charge in [-0.1, -0.05) is 75.5 Å². The number of carbonyl (C=O) groups excluding carboxylic acids is 2. The molecule has 0 radical (unpaired) electrons. The smallest absolute Gasteiger partial charge is 0.246 e. The quantitative estimate of drug-likeness (QED) is 0.271. The van der Waals surface area contributed by atoms with Crippen LogP contribution in [0.15, 0.2) is 71.2 Å². The summed E-state index contributed by atoms with van der Waals surface area (Å²) in [4.78, 5) is 37.8. The van der Waals surface area contributed by atoms with Gasteiger partial charge in [-0.25, -0.2) is 0 Å². The van der Waals surface area contributed by atoms with Crippen LogP contribution < -0.4 is 0 Å². The van der Waals surface area contributed by atoms with Crippen LogP contribution in [0, 0.1) is 0 Å². The van der Waals surface area contributed by atoms with Crippen LogP contribution in [0.2, 0.25) is 10.0 Å². The van der Waals surface area contributed by atoms with Crippen molar-refractivity contribution in [2.24, 2.45) is 0 Å². The fourth-order valence-electron chi connectivity index (χ4n) is 6.88. The Balaban J connectivity index is 1.16. The topological polar surface area (TPSA) is 59.7 Å². The summed E-state index contributed by atoms with van der Waals surface area (Å²) >= 11 is 16.4. The van der Waals surface area contributed by atoms with E-state index >= 15 is 0 Å². The molecule has 1 aromatic heterocycles. The van der Waals surface area contributed by atoms with Gasteiger partial charge in [-0.3, -0.25) is 14.5 Å². The van der Waals surface area contributed by atoms with Crippen molar-refractivity contribution in [2.75, 3.05) is 19.6 Å². The van der Waals surface area contributed by atoms with Gasteiger partial charge in [0.2, 0.25) is 11.8 Å². The van der Waals surface area contributed by atoms with Crippen LogP contribution in [0.1, 0.15) is 41.3 Å². The average Bonchev–Trinajstić information content (AvgIpc) is 3.35. The van der Waals surface area contributed by atoms with Crippen LogP contribution in [0.25, 0.3) is 10.9 Å². The number of para-hydroxylation sites is 1. The number of benzene rings is 3. The first kappa shape index (κ1) is 27.0. The molecule has 0 saturated carbocycles. The van der Waals surface area contributed by atoms with Crippen molar-refractivity contribution < 1.29 is 9.59 Å². The predicted octanol–water partition coefficient (Wildman–Crippen LogP) is 6.59. The number of likely N-dealkylation sites (tertiary alicyclic amines) is 1. The first-order valence-corrected chi connectivity index (χ1v) is 15.6. The van der Waals surface area contributed by atoms with Crippen LogP contribution in [-0.2, 0) is 22.6 Å². The molecule has 41 heavy (non-hydrogen) atoms. The van der Waals surface area contributed by atoms with E-state index in [0.29, 0.717) is 23.0 Å². The number of nitrogens with one attached hydrogen (secondary N) is 1. The molecule has 9 heteroatoms. The molecule has 6 nitrogen and oxygen atoms in total. The molecular weight excluding hydrogens is 623 g/mol. The molecule has 0 bridgehead atoms. The van der Waals surface area contributed by atoms with Crippen molar-refractivity contribution in [3.63, 3.8) is 0 Å². The van der Waals surface area contributed by atoms with Crippen molar-refractivity contribution >= 4 is 61.8 Å². The Morgan fingerprint density at radius 2 is 1.61 bits per heavy atom. The molecule has 0 unspecified atom stereocenters. The van der Waals surface area contributed by atoms with E-state index in [4.69, 9.17) is 23.2 Å². The van der Waals surface area contributed by atoms with Gasteiger partial charge in [0, 0.05) is 68.8 Å². The fourth-order valence-corrected chi connectivity index (χ4v) is 7.66. The number of hydrogen-bond acceptors (Lipinski definition) is 3. The lowest BCUT2D eigenvalue weighted by Gasteiger charge is -2.49. The Morgan fingerprint density at radius 3 is 2.34 bits per heavy atom. The number of piperidine rings is 1. The maximum atomic E-state index is 14.2. The number of aromatic amines is 1. The molecular formula is C32H29BrCl2N4O2. The number of hydrogen-bond donors (Lipinski definition) is 1. The zero-order valence-electron chi connectivity index (χ0n) is 22.3. The summed E-state index contributed by atoms with van der Waals surface area (Å²) in [5.41, 5.74) is 5.09. The highest BCUT2D eigenvalue weighted by atomic mass is 79.9. The van der Waals surface area contributed by atoms with Crippen molar-refractivity contribution in [3.8, 4) is 0 Å². The first-order valence-electron chi connectivity index (χ1n) is 14.0. The highest BCUT2D eigenvalue weighted by molar-refractivity contribution is 9.10. The van der Waals surface area contributed by atoms with Crippen LogP contribution in [0.5, 0.6) is 0 Å². The van der Waals surface area contributed by atoms with Gasteiger partial charge >= 0.3 is 0 Å². The molecule has 0 spiro atoms. The predicted molar refractivity (Wildman–Crippen MR) is 165 cm³/mol. The Labute approximate surface area is 257 Å². The number of piperazine rings is 1. The van der Waals surface area contributed by atoms with E-state index in [1.54, 1.807) is 0 Å². The lowest BCUT2D eigenvalue weighted by atomic mass is 9.85. The van der Waals surface area contributed by atoms with E-state index in [2.05, 4.69) is 37.9 Å². The molecule has 2 atom stereocenters. The molecule has 3 aliphatic heterocycles. The van der Waals surface area contributed by atoms with Gasteiger partial charge in [-0.2, -0.15) is 0 Å². The van der Waals surface area contributed by atoms with E-state index in [1.807, 2.05) is 64.4 Å². The lowest BCUT2D eigenvalue weighted by molar-refractivity contribution is -0.161. The molecule has 210 valence electrons. The summed E-state index contributed by atoms with van der Waals surface area (Å²) in [7, 11) is 0. The third kappa shape index (κ3) is 4.77. The van der Waals surface area contributed by atoms with Gasteiger partial charge in [0.05, 0.1) is 6.04 Å². The van der Waals surface area contributed by atoms with Gasteiger partial charge in [0.25, 0.3) is 0 Å². The molecule has 2 amide bonds. The second-order valence-electron chi connectivity index (χ2n) is 11.2. The summed E-state index contributed by atoms with van der Waals surface area (Å²) in [6.45, 7) is 2.41. The minimum atomic E-state index is -0.531. The van der Waals surface area contributed by atoms with E-state index in [1.165, 1.54) is 0 Å². The molecule has 1 N–H and O–H groups in total. The Hall–Kier alpha value is -2.84. The average molecular weight is 652 g/mol. The SMILES string of the molecule is O=C1[C@H]2Cc3c([nH]c4ccccc34)[C@@H](c3ccc(Br)cc3)N2C(=O)CN1C1CCN(Cc2c(Cl)cccc2Cl)CC1. The highest BCUT2D eigenvalue weighted by Gasteiger charge is 2.49. The molecule has 4 heterocycles. The van der Waals surface area contributed by atoms with E-state index in [-0.39, 0.29) is 30.4 Å². The summed E-state index contributed by atoms with van der Waals surface area (Å²) < 4.78 is 0.973. The third-order valence-corrected chi connectivity index (χ3v) is 10.2. The normalized spacial score (nSPS) is 21.8. The molecule has 2 saturated heterocycles. The van der Waals surface area contributed by atoms with E-state index in [9.17, 15) is 9.59 Å². The standard InChI is InChI=1S/C32H29BrCl2N4O2/c33-20-10-8-19(9-11-20)31-30-23(22-4-1-2-7-27(22)36-30)16-28-32(41)38(18-29(40)39(28)31)21-12-14-37(15-13-21)17-24-25(34)5-3-6-26(24)35/h1-11,21,28,31,36H,12-18H2/t28-,31-/m1/s1. The Bertz CT molecular complexity index is 1630. The Morgan fingerprint density at radius 1 is 0.902 bits per heavy atom. The summed E-state index contributed by atoms with van der Waals surface area (Å²) in [6.07, 6.45) is 2.13. The van der Waals surface area contributed by atoms with Gasteiger partial charge in [-0.05, 0) is 54.3 Å². The molecule has 4 aromatic rings. The number of aromatic nitrogens is 1. The van der Waals surface area contributed by atoms with Crippen LogP contribution >= 0.6 is 39.1 Å². The van der Waals surface area contributed by atoms with Crippen LogP contribution in [0.4, 0.5) is 0 Å². The van der Waals surface area contributed by atoms with Crippen molar-refractivity contribution in [1.29, 1.82) is 0 Å². The number of carbonyl (C=O) groups is 2. The summed E-state index contributed by atoms with van der Waals surface area (Å²) in [5, 5.41) is 2.46. The van der Waals surface area contributed by atoms with Crippen molar-refractivity contribution in [3.05, 3.63) is 104 Å². The van der Waals surface area contributed by atoms with Crippen LogP contribution in [-0.4, -0.2) is 63.2 Å². The van der Waals surface area contributed by atoms with E-state index < -0.39 is 6.04 Å². The molecule has 3 aromatic carbocycles. The molecule has 7 rings (SSSR count). The van der Waals surface area contributed by atoms with Gasteiger partial charge in [0.15, 0.2) is 0 Å². The maximum absolute atomic E-state index is 14.2. The highest BCUT2D eigenvalue weighted by Crippen LogP contribution is 2.43. The second-order valence-corrected chi connectivity index (χ2v) is 12.9. The summed E-state index contributed by atoms with van der Waals surface area (Å²) in [5.74, 6) is 0.0485. The van der Waals surface area contributed by atoms with Gasteiger partial charge < -0.3 is 14.8 Å². The fraction of sp³-hybridized carbons (Fsp3) is 0.312. The second kappa shape index (κ2) is 10.8. The van der Waals surface area contributed by atoms with Crippen molar-refractivity contribution in [1.82, 2.24) is 19.7 Å². The molecule has 3 aliphatic rings. The van der Waals surface area contributed by atoms with Crippen molar-refractivity contribution in [2.45, 2.75) is 43.9 Å². The molecule has 2 fully saturated rings. The van der Waals surface area contributed by atoms with Crippen LogP contribution in [0.3, 0.4) is 0 Å². The summed E-state index contributed by atoms with van der Waals surface area (Å²) in [6, 6.07) is 21.0. The zero-order valence-corrected chi connectivity index (χ0v) is 25.4. The number of amides is 2.